The first-order valence-electron chi connectivity index (χ1n) is 8.61. The molecule has 1 nitrogen and oxygen atoms in total. The fourth-order valence-corrected chi connectivity index (χ4v) is 2.67. The van der Waals surface area contributed by atoms with Gasteiger partial charge in [-0.3, -0.25) is 0 Å². The maximum atomic E-state index is 5.31. The summed E-state index contributed by atoms with van der Waals surface area (Å²) in [5.41, 5.74) is 2.81. The zero-order valence-corrected chi connectivity index (χ0v) is 14.0. The standard InChI is InChI=1S/C13H10.C8H18O/c1-4-10-6-2-8-12-9-3-7-11(5-1)13(10)12;1-3-5-7-9-8-6-4-2/h1-8H,9H2;3-8H2,1-2H3. The normalized spacial score (nSPS) is 12.1. The summed E-state index contributed by atoms with van der Waals surface area (Å²) in [5, 5.41) is 2.80. The smallest absolute Gasteiger partial charge is 0.0465 e. The fourth-order valence-electron chi connectivity index (χ4n) is 2.67. The highest BCUT2D eigenvalue weighted by atomic mass is 16.5. The van der Waals surface area contributed by atoms with E-state index in [-0.39, 0.29) is 0 Å². The Morgan fingerprint density at radius 3 is 2.27 bits per heavy atom. The molecular weight excluding hydrogens is 268 g/mol. The van der Waals surface area contributed by atoms with Gasteiger partial charge in [-0.05, 0) is 41.2 Å². The summed E-state index contributed by atoms with van der Waals surface area (Å²) in [7, 11) is 0. The van der Waals surface area contributed by atoms with Gasteiger partial charge in [-0.1, -0.05) is 75.2 Å². The highest BCUT2D eigenvalue weighted by Gasteiger charge is 2.06. The van der Waals surface area contributed by atoms with E-state index in [0.717, 1.165) is 19.6 Å². The molecule has 0 radical (unpaired) electrons. The van der Waals surface area contributed by atoms with Crippen LogP contribution in [0.5, 0.6) is 0 Å². The molecule has 0 saturated heterocycles. The van der Waals surface area contributed by atoms with Gasteiger partial charge < -0.3 is 4.74 Å². The van der Waals surface area contributed by atoms with Gasteiger partial charge in [0.1, 0.15) is 0 Å². The van der Waals surface area contributed by atoms with E-state index < -0.39 is 0 Å². The Morgan fingerprint density at radius 1 is 0.909 bits per heavy atom. The first-order chi connectivity index (χ1) is 10.9. The third-order valence-corrected chi connectivity index (χ3v) is 3.94. The van der Waals surface area contributed by atoms with Crippen molar-refractivity contribution in [3.05, 3.63) is 53.6 Å². The molecule has 0 aromatic heterocycles. The van der Waals surface area contributed by atoms with Crippen molar-refractivity contribution in [2.24, 2.45) is 0 Å². The van der Waals surface area contributed by atoms with Gasteiger partial charge in [-0.2, -0.15) is 0 Å². The second-order valence-electron chi connectivity index (χ2n) is 5.79. The summed E-state index contributed by atoms with van der Waals surface area (Å²) < 4.78 is 5.31. The molecule has 3 rings (SSSR count). The van der Waals surface area contributed by atoms with Crippen molar-refractivity contribution in [2.75, 3.05) is 13.2 Å². The lowest BCUT2D eigenvalue weighted by Crippen LogP contribution is -1.95. The molecule has 2 aromatic carbocycles. The van der Waals surface area contributed by atoms with Gasteiger partial charge in [0.05, 0.1) is 0 Å². The minimum Gasteiger partial charge on any atom is -0.381 e. The Morgan fingerprint density at radius 2 is 1.59 bits per heavy atom. The minimum absolute atomic E-state index is 0.955. The van der Waals surface area contributed by atoms with Crippen LogP contribution in [0.1, 0.15) is 50.7 Å². The van der Waals surface area contributed by atoms with E-state index in [0.29, 0.717) is 0 Å². The number of unbranched alkanes of at least 4 members (excludes halogenated alkanes) is 2. The van der Waals surface area contributed by atoms with Crippen LogP contribution >= 0.6 is 0 Å². The van der Waals surface area contributed by atoms with Gasteiger partial charge in [-0.25, -0.2) is 0 Å². The van der Waals surface area contributed by atoms with Crippen molar-refractivity contribution in [3.63, 3.8) is 0 Å². The van der Waals surface area contributed by atoms with Crippen molar-refractivity contribution in [3.8, 4) is 0 Å². The van der Waals surface area contributed by atoms with Gasteiger partial charge in [0.15, 0.2) is 0 Å². The molecule has 1 aliphatic rings. The van der Waals surface area contributed by atoms with Crippen molar-refractivity contribution < 1.29 is 4.74 Å². The number of allylic oxidation sites excluding steroid dienone is 1. The number of benzene rings is 2. The second-order valence-corrected chi connectivity index (χ2v) is 5.79. The first-order valence-corrected chi connectivity index (χ1v) is 8.61. The maximum Gasteiger partial charge on any atom is 0.0465 e. The monoisotopic (exact) mass is 296 g/mol. The van der Waals surface area contributed by atoms with E-state index in [9.17, 15) is 0 Å². The van der Waals surface area contributed by atoms with E-state index in [1.807, 2.05) is 0 Å². The lowest BCUT2D eigenvalue weighted by atomic mass is 9.93. The first kappa shape index (κ1) is 16.8. The lowest BCUT2D eigenvalue weighted by Gasteiger charge is -2.11. The lowest BCUT2D eigenvalue weighted by molar-refractivity contribution is 0.128. The molecule has 0 N–H and O–H groups in total. The molecule has 0 saturated carbocycles. The van der Waals surface area contributed by atoms with Crippen LogP contribution in [0.15, 0.2) is 42.5 Å². The van der Waals surface area contributed by atoms with E-state index in [1.165, 1.54) is 47.6 Å². The minimum atomic E-state index is 0.955. The van der Waals surface area contributed by atoms with Crippen molar-refractivity contribution in [1.29, 1.82) is 0 Å². The van der Waals surface area contributed by atoms with E-state index in [2.05, 4.69) is 62.4 Å². The molecule has 1 aliphatic carbocycles. The molecule has 118 valence electrons. The van der Waals surface area contributed by atoms with Gasteiger partial charge in [-0.15, -0.1) is 0 Å². The van der Waals surface area contributed by atoms with E-state index in [4.69, 9.17) is 4.74 Å². The Labute approximate surface area is 135 Å². The van der Waals surface area contributed by atoms with Gasteiger partial charge in [0, 0.05) is 13.2 Å². The van der Waals surface area contributed by atoms with Crippen LogP contribution in [-0.2, 0) is 11.2 Å². The Hall–Kier alpha value is -1.60. The third-order valence-electron chi connectivity index (χ3n) is 3.94. The number of rotatable bonds is 6. The van der Waals surface area contributed by atoms with E-state index in [1.54, 1.807) is 0 Å². The zero-order chi connectivity index (χ0) is 15.6. The molecule has 0 heterocycles. The topological polar surface area (TPSA) is 9.23 Å². The van der Waals surface area contributed by atoms with Crippen LogP contribution in [-0.4, -0.2) is 13.2 Å². The number of hydrogen-bond donors (Lipinski definition) is 0. The highest BCUT2D eigenvalue weighted by Crippen LogP contribution is 2.27. The average Bonchev–Trinajstić information content (AvgIpc) is 2.56. The SMILES string of the molecule is C1=Cc2cccc3cccc(c23)C1.CCCCOCCCC. The summed E-state index contributed by atoms with van der Waals surface area (Å²) in [6.07, 6.45) is 10.4. The van der Waals surface area contributed by atoms with Crippen LogP contribution in [0.25, 0.3) is 16.8 Å². The maximum absolute atomic E-state index is 5.31. The Balaban J connectivity index is 0.000000175. The number of ether oxygens (including phenoxy) is 1. The summed E-state index contributed by atoms with van der Waals surface area (Å²) in [4.78, 5) is 0. The van der Waals surface area contributed by atoms with Crippen LogP contribution in [0, 0.1) is 0 Å². The van der Waals surface area contributed by atoms with Crippen LogP contribution < -0.4 is 0 Å². The molecule has 0 unspecified atom stereocenters. The van der Waals surface area contributed by atoms with Crippen molar-refractivity contribution in [2.45, 2.75) is 46.0 Å². The molecule has 2 aromatic rings. The molecule has 0 aliphatic heterocycles. The summed E-state index contributed by atoms with van der Waals surface area (Å²) >= 11 is 0. The van der Waals surface area contributed by atoms with Crippen LogP contribution in [0.2, 0.25) is 0 Å². The fraction of sp³-hybridized carbons (Fsp3) is 0.429. The predicted octanol–water partition coefficient (Wildman–Crippen LogP) is 6.01. The van der Waals surface area contributed by atoms with Gasteiger partial charge in [0.25, 0.3) is 0 Å². The molecule has 0 fully saturated rings. The quantitative estimate of drug-likeness (QED) is 0.593. The Kier molecular flexibility index (Phi) is 7.18. The molecule has 0 spiro atoms. The highest BCUT2D eigenvalue weighted by molar-refractivity contribution is 5.94. The second kappa shape index (κ2) is 9.42. The van der Waals surface area contributed by atoms with E-state index >= 15 is 0 Å². The molecule has 22 heavy (non-hydrogen) atoms. The summed E-state index contributed by atoms with van der Waals surface area (Å²) in [5.74, 6) is 0. The summed E-state index contributed by atoms with van der Waals surface area (Å²) in [6, 6.07) is 13.0. The summed E-state index contributed by atoms with van der Waals surface area (Å²) in [6.45, 7) is 6.28. The predicted molar refractivity (Wildman–Crippen MR) is 97.3 cm³/mol. The van der Waals surface area contributed by atoms with Crippen LogP contribution in [0.3, 0.4) is 0 Å². The van der Waals surface area contributed by atoms with Crippen molar-refractivity contribution in [1.82, 2.24) is 0 Å². The molecule has 0 amide bonds. The molecule has 1 heteroatoms. The average molecular weight is 296 g/mol. The van der Waals surface area contributed by atoms with Gasteiger partial charge in [0.2, 0.25) is 0 Å². The molecule has 0 bridgehead atoms. The molecular formula is C21H28O. The van der Waals surface area contributed by atoms with Crippen LogP contribution in [0.4, 0.5) is 0 Å². The Bertz CT molecular complexity index is 587. The van der Waals surface area contributed by atoms with Crippen molar-refractivity contribution >= 4 is 16.8 Å². The molecule has 0 atom stereocenters. The zero-order valence-electron chi connectivity index (χ0n) is 14.0. The number of hydrogen-bond acceptors (Lipinski definition) is 1. The van der Waals surface area contributed by atoms with Gasteiger partial charge >= 0.3 is 0 Å². The largest absolute Gasteiger partial charge is 0.381 e. The third kappa shape index (κ3) is 4.71.